The number of aliphatic imine (C=N–C) groups is 1. The van der Waals surface area contributed by atoms with Gasteiger partial charge < -0.3 is 0 Å². The Balaban J connectivity index is 2.06. The molecular formula is C15H14ClN. The summed E-state index contributed by atoms with van der Waals surface area (Å²) in [6.45, 7) is 2.73. The van der Waals surface area contributed by atoms with Crippen molar-refractivity contribution in [1.82, 2.24) is 0 Å². The first-order chi connectivity index (χ1) is 8.24. The van der Waals surface area contributed by atoms with E-state index >= 15 is 0 Å². The molecule has 2 heteroatoms. The Bertz CT molecular complexity index is 497. The molecular weight excluding hydrogens is 230 g/mol. The number of rotatable bonds is 3. The van der Waals surface area contributed by atoms with Crippen LogP contribution >= 0.6 is 11.6 Å². The largest absolute Gasteiger partial charge is 0.288 e. The summed E-state index contributed by atoms with van der Waals surface area (Å²) < 4.78 is 0. The van der Waals surface area contributed by atoms with Crippen LogP contribution in [0.4, 0.5) is 0 Å². The average Bonchev–Trinajstić information content (AvgIpc) is 2.29. The minimum atomic E-state index is 0.701. The van der Waals surface area contributed by atoms with E-state index in [4.69, 9.17) is 11.6 Å². The molecule has 17 heavy (non-hydrogen) atoms. The zero-order chi connectivity index (χ0) is 12.1. The van der Waals surface area contributed by atoms with E-state index in [1.54, 1.807) is 0 Å². The number of nitrogens with zero attached hydrogens (tertiary/aromatic N) is 1. The van der Waals surface area contributed by atoms with Crippen LogP contribution in [0.15, 0.2) is 53.5 Å². The van der Waals surface area contributed by atoms with Crippen molar-refractivity contribution in [3.05, 3.63) is 70.2 Å². The molecule has 2 aromatic rings. The molecule has 0 amide bonds. The Morgan fingerprint density at radius 2 is 1.88 bits per heavy atom. The average molecular weight is 244 g/mol. The Kier molecular flexibility index (Phi) is 3.94. The Morgan fingerprint density at radius 3 is 2.59 bits per heavy atom. The van der Waals surface area contributed by atoms with Gasteiger partial charge >= 0.3 is 0 Å². The van der Waals surface area contributed by atoms with Crippen LogP contribution in [0.25, 0.3) is 0 Å². The standard InChI is InChI=1S/C15H14ClN/c1-12-7-14(9-15(16)8-12)11-17-10-13-5-3-2-4-6-13/h2-9,11H,10H2,1H3. The Morgan fingerprint density at radius 1 is 1.12 bits per heavy atom. The molecule has 0 heterocycles. The number of aryl methyl sites for hydroxylation is 1. The normalized spacial score (nSPS) is 10.9. The number of hydrogen-bond acceptors (Lipinski definition) is 1. The maximum atomic E-state index is 5.98. The van der Waals surface area contributed by atoms with Crippen molar-refractivity contribution in [3.8, 4) is 0 Å². The van der Waals surface area contributed by atoms with Crippen LogP contribution in [0.5, 0.6) is 0 Å². The minimum absolute atomic E-state index is 0.701. The molecule has 0 bridgehead atoms. The van der Waals surface area contributed by atoms with Crippen LogP contribution in [0, 0.1) is 6.92 Å². The van der Waals surface area contributed by atoms with E-state index in [0.717, 1.165) is 16.1 Å². The highest BCUT2D eigenvalue weighted by molar-refractivity contribution is 6.30. The van der Waals surface area contributed by atoms with Crippen molar-refractivity contribution in [2.45, 2.75) is 13.5 Å². The van der Waals surface area contributed by atoms with Crippen LogP contribution in [-0.4, -0.2) is 6.21 Å². The lowest BCUT2D eigenvalue weighted by molar-refractivity contribution is 1.08. The van der Waals surface area contributed by atoms with Crippen LogP contribution < -0.4 is 0 Å². The highest BCUT2D eigenvalue weighted by Crippen LogP contribution is 2.13. The van der Waals surface area contributed by atoms with Gasteiger partial charge in [-0.05, 0) is 35.7 Å². The topological polar surface area (TPSA) is 12.4 Å². The molecule has 0 N–H and O–H groups in total. The SMILES string of the molecule is Cc1cc(Cl)cc(C=NCc2ccccc2)c1. The second-order valence-electron chi connectivity index (χ2n) is 4.02. The molecule has 2 aromatic carbocycles. The summed E-state index contributed by atoms with van der Waals surface area (Å²) in [5, 5.41) is 0.756. The third-order valence-electron chi connectivity index (χ3n) is 2.42. The van der Waals surface area contributed by atoms with Gasteiger partial charge in [0, 0.05) is 11.2 Å². The van der Waals surface area contributed by atoms with E-state index in [1.807, 2.05) is 43.5 Å². The summed E-state index contributed by atoms with van der Waals surface area (Å²) >= 11 is 5.98. The second-order valence-corrected chi connectivity index (χ2v) is 4.45. The fraction of sp³-hybridized carbons (Fsp3) is 0.133. The van der Waals surface area contributed by atoms with E-state index < -0.39 is 0 Å². The van der Waals surface area contributed by atoms with Gasteiger partial charge in [-0.25, -0.2) is 0 Å². The molecule has 86 valence electrons. The monoisotopic (exact) mass is 243 g/mol. The molecule has 0 spiro atoms. The molecule has 0 radical (unpaired) electrons. The van der Waals surface area contributed by atoms with Gasteiger partial charge in [-0.3, -0.25) is 4.99 Å². The molecule has 0 saturated heterocycles. The predicted octanol–water partition coefficient (Wildman–Crippen LogP) is 4.27. The number of halogens is 1. The lowest BCUT2D eigenvalue weighted by Crippen LogP contribution is -1.85. The van der Waals surface area contributed by atoms with Crippen LogP contribution in [0.3, 0.4) is 0 Å². The Hall–Kier alpha value is -1.60. The molecule has 0 unspecified atom stereocenters. The second kappa shape index (κ2) is 5.65. The highest BCUT2D eigenvalue weighted by atomic mass is 35.5. The molecule has 0 aliphatic heterocycles. The summed E-state index contributed by atoms with van der Waals surface area (Å²) in [6, 6.07) is 16.1. The van der Waals surface area contributed by atoms with Gasteiger partial charge in [0.15, 0.2) is 0 Å². The molecule has 1 nitrogen and oxygen atoms in total. The molecule has 0 fully saturated rings. The summed E-state index contributed by atoms with van der Waals surface area (Å²) in [5.41, 5.74) is 3.41. The zero-order valence-corrected chi connectivity index (χ0v) is 10.5. The van der Waals surface area contributed by atoms with Gasteiger partial charge in [-0.2, -0.15) is 0 Å². The molecule has 0 aromatic heterocycles. The van der Waals surface area contributed by atoms with E-state index in [-0.39, 0.29) is 0 Å². The number of benzene rings is 2. The minimum Gasteiger partial charge on any atom is -0.288 e. The quantitative estimate of drug-likeness (QED) is 0.714. The van der Waals surface area contributed by atoms with Gasteiger partial charge in [0.2, 0.25) is 0 Å². The summed E-state index contributed by atoms with van der Waals surface area (Å²) in [7, 11) is 0. The first kappa shape index (κ1) is 11.9. The van der Waals surface area contributed by atoms with Gasteiger partial charge in [0.05, 0.1) is 6.54 Å². The summed E-state index contributed by atoms with van der Waals surface area (Å²) in [5.74, 6) is 0. The van der Waals surface area contributed by atoms with E-state index in [1.165, 1.54) is 5.56 Å². The van der Waals surface area contributed by atoms with Gasteiger partial charge in [0.1, 0.15) is 0 Å². The first-order valence-corrected chi connectivity index (χ1v) is 5.93. The summed E-state index contributed by atoms with van der Waals surface area (Å²) in [4.78, 5) is 4.41. The number of hydrogen-bond donors (Lipinski definition) is 0. The predicted molar refractivity (Wildman–Crippen MR) is 73.9 cm³/mol. The maximum Gasteiger partial charge on any atom is 0.0639 e. The van der Waals surface area contributed by atoms with E-state index in [2.05, 4.69) is 23.2 Å². The van der Waals surface area contributed by atoms with Crippen molar-refractivity contribution in [2.24, 2.45) is 4.99 Å². The van der Waals surface area contributed by atoms with Crippen LogP contribution in [0.1, 0.15) is 16.7 Å². The molecule has 0 atom stereocenters. The smallest absolute Gasteiger partial charge is 0.0639 e. The Labute approximate surface area is 107 Å². The summed E-state index contributed by atoms with van der Waals surface area (Å²) in [6.07, 6.45) is 1.87. The fourth-order valence-electron chi connectivity index (χ4n) is 1.68. The van der Waals surface area contributed by atoms with Gasteiger partial charge in [0.25, 0.3) is 0 Å². The lowest BCUT2D eigenvalue weighted by atomic mass is 10.1. The fourth-order valence-corrected chi connectivity index (χ4v) is 1.98. The molecule has 0 aliphatic carbocycles. The lowest BCUT2D eigenvalue weighted by Gasteiger charge is -1.98. The van der Waals surface area contributed by atoms with Crippen molar-refractivity contribution in [3.63, 3.8) is 0 Å². The van der Waals surface area contributed by atoms with Crippen LogP contribution in [-0.2, 0) is 6.54 Å². The maximum absolute atomic E-state index is 5.98. The molecule has 0 saturated carbocycles. The van der Waals surface area contributed by atoms with Crippen molar-refractivity contribution in [2.75, 3.05) is 0 Å². The first-order valence-electron chi connectivity index (χ1n) is 5.55. The van der Waals surface area contributed by atoms with E-state index in [0.29, 0.717) is 6.54 Å². The van der Waals surface area contributed by atoms with Crippen LogP contribution in [0.2, 0.25) is 5.02 Å². The van der Waals surface area contributed by atoms with Crippen molar-refractivity contribution < 1.29 is 0 Å². The van der Waals surface area contributed by atoms with Crippen molar-refractivity contribution in [1.29, 1.82) is 0 Å². The van der Waals surface area contributed by atoms with Gasteiger partial charge in [-0.1, -0.05) is 48.0 Å². The molecule has 0 aliphatic rings. The third kappa shape index (κ3) is 3.72. The molecule has 2 rings (SSSR count). The third-order valence-corrected chi connectivity index (χ3v) is 2.64. The van der Waals surface area contributed by atoms with Gasteiger partial charge in [-0.15, -0.1) is 0 Å². The highest BCUT2D eigenvalue weighted by Gasteiger charge is 1.94. The van der Waals surface area contributed by atoms with Crippen molar-refractivity contribution >= 4 is 17.8 Å². The zero-order valence-electron chi connectivity index (χ0n) is 9.73. The van der Waals surface area contributed by atoms with E-state index in [9.17, 15) is 0 Å².